The zero-order chi connectivity index (χ0) is 15.5. The summed E-state index contributed by atoms with van der Waals surface area (Å²) in [6, 6.07) is 4.60. The van der Waals surface area contributed by atoms with E-state index in [1.807, 2.05) is 13.8 Å². The van der Waals surface area contributed by atoms with Crippen LogP contribution in [0.1, 0.15) is 25.8 Å². The largest absolute Gasteiger partial charge is 0.379 e. The molecule has 5 heteroatoms. The van der Waals surface area contributed by atoms with Crippen LogP contribution in [0.3, 0.4) is 0 Å². The molecule has 1 unspecified atom stereocenters. The number of ether oxygens (including phenoxy) is 1. The zero-order valence-electron chi connectivity index (χ0n) is 12.5. The molecule has 0 spiro atoms. The lowest BCUT2D eigenvalue weighted by Crippen LogP contribution is -2.56. The number of ketones is 1. The van der Waals surface area contributed by atoms with E-state index >= 15 is 0 Å². The molecule has 1 heterocycles. The molecule has 0 bridgehead atoms. The third-order valence-corrected chi connectivity index (χ3v) is 4.80. The van der Waals surface area contributed by atoms with Crippen molar-refractivity contribution in [3.05, 3.63) is 34.6 Å². The van der Waals surface area contributed by atoms with Gasteiger partial charge in [-0.25, -0.2) is 4.39 Å². The van der Waals surface area contributed by atoms with E-state index in [4.69, 9.17) is 16.3 Å². The van der Waals surface area contributed by atoms with Crippen molar-refractivity contribution in [1.82, 2.24) is 4.90 Å². The topological polar surface area (TPSA) is 29.5 Å². The molecule has 3 nitrogen and oxygen atoms in total. The van der Waals surface area contributed by atoms with Gasteiger partial charge in [0.25, 0.3) is 0 Å². The van der Waals surface area contributed by atoms with E-state index in [2.05, 4.69) is 4.90 Å². The summed E-state index contributed by atoms with van der Waals surface area (Å²) in [5.41, 5.74) is -0.00557. The molecule has 1 atom stereocenters. The van der Waals surface area contributed by atoms with Crippen molar-refractivity contribution in [2.24, 2.45) is 0 Å². The molecule has 0 amide bonds. The molecule has 1 aromatic rings. The average molecular weight is 314 g/mol. The van der Waals surface area contributed by atoms with Crippen LogP contribution in [0.4, 0.5) is 4.39 Å². The van der Waals surface area contributed by atoms with Gasteiger partial charge in [-0.2, -0.15) is 0 Å². The first-order valence-corrected chi connectivity index (χ1v) is 7.66. The maximum absolute atomic E-state index is 13.5. The zero-order valence-corrected chi connectivity index (χ0v) is 13.3. The van der Waals surface area contributed by atoms with Gasteiger partial charge in [0.05, 0.1) is 23.8 Å². The minimum atomic E-state index is -0.556. The normalized spacial score (nSPS) is 19.2. The number of nitrogens with zero attached hydrogens (tertiary/aromatic N) is 1. The van der Waals surface area contributed by atoms with Crippen molar-refractivity contribution in [3.8, 4) is 0 Å². The van der Waals surface area contributed by atoms with Gasteiger partial charge in [-0.15, -0.1) is 0 Å². The quantitative estimate of drug-likeness (QED) is 0.836. The first-order valence-electron chi connectivity index (χ1n) is 7.28. The molecule has 1 aliphatic heterocycles. The highest BCUT2D eigenvalue weighted by molar-refractivity contribution is 6.31. The fourth-order valence-corrected chi connectivity index (χ4v) is 2.90. The van der Waals surface area contributed by atoms with Crippen LogP contribution in [0.25, 0.3) is 0 Å². The first-order chi connectivity index (χ1) is 9.99. The Balaban J connectivity index is 2.17. The van der Waals surface area contributed by atoms with Crippen LogP contribution in [-0.2, 0) is 16.0 Å². The fraction of sp³-hybridized carbons (Fsp3) is 0.562. The van der Waals surface area contributed by atoms with Crippen LogP contribution in [0.5, 0.6) is 0 Å². The van der Waals surface area contributed by atoms with Crippen molar-refractivity contribution >= 4 is 17.4 Å². The number of carbonyl (C=O) groups is 1. The molecule has 0 radical (unpaired) electrons. The van der Waals surface area contributed by atoms with Gasteiger partial charge in [0.2, 0.25) is 0 Å². The second-order valence-corrected chi connectivity index (χ2v) is 5.92. The Morgan fingerprint density at radius 2 is 2.10 bits per heavy atom. The number of morpholine rings is 1. The first kappa shape index (κ1) is 16.4. The van der Waals surface area contributed by atoms with Crippen LogP contribution in [0.2, 0.25) is 5.02 Å². The predicted molar refractivity (Wildman–Crippen MR) is 81.2 cm³/mol. The maximum atomic E-state index is 13.5. The van der Waals surface area contributed by atoms with Crippen molar-refractivity contribution < 1.29 is 13.9 Å². The number of rotatable bonds is 5. The highest BCUT2D eigenvalue weighted by atomic mass is 35.5. The Hall–Kier alpha value is -0.970. The minimum absolute atomic E-state index is 0.0475. The number of benzene rings is 1. The highest BCUT2D eigenvalue weighted by Gasteiger charge is 2.38. The molecule has 21 heavy (non-hydrogen) atoms. The standard InChI is InChI=1S/C16H21ClFNO2/c1-3-16(2,19-7-9-21-10-8-19)14(20)11-12-5-4-6-13(18)15(12)17/h4-6H,3,7-11H2,1-2H3. The molecular weight excluding hydrogens is 293 g/mol. The van der Waals surface area contributed by atoms with Gasteiger partial charge in [0.1, 0.15) is 5.82 Å². The maximum Gasteiger partial charge on any atom is 0.157 e. The molecule has 0 aromatic heterocycles. The molecule has 1 aromatic carbocycles. The van der Waals surface area contributed by atoms with Crippen LogP contribution < -0.4 is 0 Å². The van der Waals surface area contributed by atoms with Crippen molar-refractivity contribution in [2.45, 2.75) is 32.2 Å². The number of hydrogen-bond acceptors (Lipinski definition) is 3. The second-order valence-electron chi connectivity index (χ2n) is 5.54. The molecular formula is C16H21ClFNO2. The third kappa shape index (κ3) is 3.44. The van der Waals surface area contributed by atoms with Gasteiger partial charge in [-0.05, 0) is 25.0 Å². The third-order valence-electron chi connectivity index (χ3n) is 4.38. The Kier molecular flexibility index (Phi) is 5.36. The summed E-state index contributed by atoms with van der Waals surface area (Å²) < 4.78 is 18.8. The lowest BCUT2D eigenvalue weighted by Gasteiger charge is -2.41. The van der Waals surface area contributed by atoms with Gasteiger partial charge in [0.15, 0.2) is 5.78 Å². The van der Waals surface area contributed by atoms with Crippen molar-refractivity contribution in [2.75, 3.05) is 26.3 Å². The van der Waals surface area contributed by atoms with Crippen LogP contribution >= 0.6 is 11.6 Å². The molecule has 1 aliphatic rings. The van der Waals surface area contributed by atoms with Gasteiger partial charge in [0, 0.05) is 19.5 Å². The molecule has 0 saturated carbocycles. The van der Waals surface area contributed by atoms with Gasteiger partial charge in [-0.1, -0.05) is 30.7 Å². The van der Waals surface area contributed by atoms with Gasteiger partial charge < -0.3 is 4.74 Å². The summed E-state index contributed by atoms with van der Waals surface area (Å²) in [4.78, 5) is 14.9. The van der Waals surface area contributed by atoms with E-state index in [1.54, 1.807) is 12.1 Å². The number of halogens is 2. The Bertz CT molecular complexity index is 517. The summed E-state index contributed by atoms with van der Waals surface area (Å²) in [6.07, 6.45) is 0.858. The lowest BCUT2D eigenvalue weighted by atomic mass is 9.87. The van der Waals surface area contributed by atoms with E-state index in [1.165, 1.54) is 6.07 Å². The molecule has 0 aliphatic carbocycles. The smallest absolute Gasteiger partial charge is 0.157 e. The molecule has 0 N–H and O–H groups in total. The van der Waals surface area contributed by atoms with Crippen LogP contribution in [0, 0.1) is 5.82 Å². The molecule has 1 saturated heterocycles. The van der Waals surface area contributed by atoms with E-state index in [0.29, 0.717) is 25.2 Å². The second kappa shape index (κ2) is 6.86. The van der Waals surface area contributed by atoms with E-state index in [9.17, 15) is 9.18 Å². The summed E-state index contributed by atoms with van der Waals surface area (Å²) in [5.74, 6) is -0.411. The van der Waals surface area contributed by atoms with E-state index in [0.717, 1.165) is 13.1 Å². The van der Waals surface area contributed by atoms with Gasteiger partial charge in [-0.3, -0.25) is 9.69 Å². The number of carbonyl (C=O) groups excluding carboxylic acids is 1. The highest BCUT2D eigenvalue weighted by Crippen LogP contribution is 2.26. The Labute approximate surface area is 130 Å². The molecule has 2 rings (SSSR count). The van der Waals surface area contributed by atoms with E-state index < -0.39 is 11.4 Å². The monoisotopic (exact) mass is 313 g/mol. The predicted octanol–water partition coefficient (Wildman–Crippen LogP) is 3.09. The average Bonchev–Trinajstić information content (AvgIpc) is 2.51. The number of Topliss-reactive ketones (excluding diaryl/α,β-unsaturated/α-hetero) is 1. The van der Waals surface area contributed by atoms with Crippen molar-refractivity contribution in [3.63, 3.8) is 0 Å². The molecule has 116 valence electrons. The van der Waals surface area contributed by atoms with Crippen molar-refractivity contribution in [1.29, 1.82) is 0 Å². The Morgan fingerprint density at radius 1 is 1.43 bits per heavy atom. The SMILES string of the molecule is CCC(C)(C(=O)Cc1cccc(F)c1Cl)N1CCOCC1. The summed E-state index contributed by atoms with van der Waals surface area (Å²) >= 11 is 5.96. The number of hydrogen-bond donors (Lipinski definition) is 0. The minimum Gasteiger partial charge on any atom is -0.379 e. The Morgan fingerprint density at radius 3 is 2.71 bits per heavy atom. The summed E-state index contributed by atoms with van der Waals surface area (Å²) in [5, 5.41) is 0.0475. The van der Waals surface area contributed by atoms with Crippen LogP contribution in [0.15, 0.2) is 18.2 Å². The van der Waals surface area contributed by atoms with Gasteiger partial charge >= 0.3 is 0 Å². The summed E-state index contributed by atoms with van der Waals surface area (Å²) in [6.45, 7) is 6.72. The van der Waals surface area contributed by atoms with Crippen LogP contribution in [-0.4, -0.2) is 42.5 Å². The fourth-order valence-electron chi connectivity index (χ4n) is 2.70. The summed E-state index contributed by atoms with van der Waals surface area (Å²) in [7, 11) is 0. The lowest BCUT2D eigenvalue weighted by molar-refractivity contribution is -0.133. The van der Waals surface area contributed by atoms with E-state index in [-0.39, 0.29) is 17.2 Å². The molecule has 1 fully saturated rings.